The lowest BCUT2D eigenvalue weighted by Crippen LogP contribution is -2.15. The van der Waals surface area contributed by atoms with E-state index < -0.39 is 0 Å². The maximum atomic E-state index is 10.2. The molecule has 0 fully saturated rings. The summed E-state index contributed by atoms with van der Waals surface area (Å²) in [6.45, 7) is 5.88. The van der Waals surface area contributed by atoms with Gasteiger partial charge in [0.15, 0.2) is 0 Å². The van der Waals surface area contributed by atoms with Crippen LogP contribution in [0.25, 0.3) is 0 Å². The second kappa shape index (κ2) is 3.67. The van der Waals surface area contributed by atoms with Gasteiger partial charge < -0.3 is 5.32 Å². The monoisotopic (exact) mass is 184 g/mol. The summed E-state index contributed by atoms with van der Waals surface area (Å²) in [5.41, 5.74) is 1.01. The van der Waals surface area contributed by atoms with Crippen molar-refractivity contribution in [1.82, 2.24) is 10.3 Å². The zero-order chi connectivity index (χ0) is 9.14. The molecule has 1 unspecified atom stereocenters. The summed E-state index contributed by atoms with van der Waals surface area (Å²) in [6, 6.07) is 0.0775. The molecule has 4 heteroatoms. The lowest BCUT2D eigenvalue weighted by molar-refractivity contribution is -0.110. The molecule has 1 aromatic rings. The molecule has 1 N–H and O–H groups in total. The van der Waals surface area contributed by atoms with E-state index in [-0.39, 0.29) is 6.04 Å². The van der Waals surface area contributed by atoms with Gasteiger partial charge in [-0.25, -0.2) is 4.98 Å². The molecule has 1 amide bonds. The lowest BCUT2D eigenvalue weighted by atomic mass is 10.2. The number of carbonyl (C=O) groups is 1. The van der Waals surface area contributed by atoms with Gasteiger partial charge >= 0.3 is 0 Å². The van der Waals surface area contributed by atoms with Crippen LogP contribution in [-0.2, 0) is 4.79 Å². The third-order valence-electron chi connectivity index (χ3n) is 1.65. The maximum Gasteiger partial charge on any atom is 0.207 e. The highest BCUT2D eigenvalue weighted by molar-refractivity contribution is 7.11. The summed E-state index contributed by atoms with van der Waals surface area (Å²) < 4.78 is 0. The van der Waals surface area contributed by atoms with Crippen LogP contribution in [0.15, 0.2) is 0 Å². The molecule has 0 spiro atoms. The molecule has 1 rings (SSSR count). The van der Waals surface area contributed by atoms with E-state index in [9.17, 15) is 4.79 Å². The molecule has 0 bridgehead atoms. The second-order valence-corrected chi connectivity index (χ2v) is 3.92. The number of hydrogen-bond acceptors (Lipinski definition) is 3. The molecule has 66 valence electrons. The van der Waals surface area contributed by atoms with E-state index in [1.807, 2.05) is 20.8 Å². The van der Waals surface area contributed by atoms with Crippen LogP contribution in [-0.4, -0.2) is 11.4 Å². The number of aromatic nitrogens is 1. The van der Waals surface area contributed by atoms with Crippen molar-refractivity contribution in [2.75, 3.05) is 0 Å². The molecular formula is C8H12N2OS. The Morgan fingerprint density at radius 1 is 1.58 bits per heavy atom. The van der Waals surface area contributed by atoms with Crippen LogP contribution in [0.5, 0.6) is 0 Å². The Labute approximate surface area is 75.8 Å². The van der Waals surface area contributed by atoms with Crippen LogP contribution < -0.4 is 5.32 Å². The number of aryl methyl sites for hydroxylation is 2. The minimum absolute atomic E-state index is 0.0775. The summed E-state index contributed by atoms with van der Waals surface area (Å²) in [6.07, 6.45) is 0.721. The molecule has 0 radical (unpaired) electrons. The zero-order valence-corrected chi connectivity index (χ0v) is 8.23. The highest BCUT2D eigenvalue weighted by Crippen LogP contribution is 2.23. The van der Waals surface area contributed by atoms with Crippen molar-refractivity contribution in [2.24, 2.45) is 0 Å². The number of carbonyl (C=O) groups excluding carboxylic acids is 1. The standard InChI is InChI=1S/C8H12N2OS/c1-5(9-4-11)8-6(2)10-7(3)12-8/h4-5H,1-3H3,(H,9,11). The largest absolute Gasteiger partial charge is 0.351 e. The van der Waals surface area contributed by atoms with Crippen molar-refractivity contribution in [2.45, 2.75) is 26.8 Å². The van der Waals surface area contributed by atoms with Gasteiger partial charge in [0.05, 0.1) is 16.7 Å². The van der Waals surface area contributed by atoms with Gasteiger partial charge in [0, 0.05) is 4.88 Å². The fourth-order valence-electron chi connectivity index (χ4n) is 1.13. The highest BCUT2D eigenvalue weighted by Gasteiger charge is 2.10. The molecule has 0 saturated heterocycles. The van der Waals surface area contributed by atoms with Crippen LogP contribution in [0.2, 0.25) is 0 Å². The van der Waals surface area contributed by atoms with Crippen LogP contribution in [0.4, 0.5) is 0 Å². The first-order valence-electron chi connectivity index (χ1n) is 3.78. The predicted octanol–water partition coefficient (Wildman–Crippen LogP) is 1.57. The van der Waals surface area contributed by atoms with Gasteiger partial charge in [-0.2, -0.15) is 0 Å². The molecule has 1 aromatic heterocycles. The van der Waals surface area contributed by atoms with Crippen molar-refractivity contribution < 1.29 is 4.79 Å². The summed E-state index contributed by atoms with van der Waals surface area (Å²) >= 11 is 1.63. The molecule has 12 heavy (non-hydrogen) atoms. The van der Waals surface area contributed by atoms with Crippen LogP contribution in [0.1, 0.15) is 28.5 Å². The quantitative estimate of drug-likeness (QED) is 0.724. The van der Waals surface area contributed by atoms with E-state index in [1.165, 1.54) is 0 Å². The Morgan fingerprint density at radius 3 is 2.67 bits per heavy atom. The zero-order valence-electron chi connectivity index (χ0n) is 7.42. The van der Waals surface area contributed by atoms with Gasteiger partial charge in [0.1, 0.15) is 0 Å². The van der Waals surface area contributed by atoms with Gasteiger partial charge in [-0.15, -0.1) is 11.3 Å². The Kier molecular flexibility index (Phi) is 2.81. The Hall–Kier alpha value is -0.900. The molecule has 0 aliphatic heterocycles. The number of nitrogens with one attached hydrogen (secondary N) is 1. The molecule has 0 aliphatic carbocycles. The smallest absolute Gasteiger partial charge is 0.207 e. The molecule has 0 aromatic carbocycles. The molecule has 1 heterocycles. The minimum Gasteiger partial charge on any atom is -0.351 e. The minimum atomic E-state index is 0.0775. The third-order valence-corrected chi connectivity index (χ3v) is 2.91. The number of thiazole rings is 1. The summed E-state index contributed by atoms with van der Waals surface area (Å²) in [4.78, 5) is 15.6. The number of nitrogens with zero attached hydrogens (tertiary/aromatic N) is 1. The summed E-state index contributed by atoms with van der Waals surface area (Å²) in [7, 11) is 0. The van der Waals surface area contributed by atoms with E-state index in [2.05, 4.69) is 10.3 Å². The molecule has 0 aliphatic rings. The summed E-state index contributed by atoms with van der Waals surface area (Å²) in [5.74, 6) is 0. The van der Waals surface area contributed by atoms with Crippen molar-refractivity contribution >= 4 is 17.7 Å². The topological polar surface area (TPSA) is 42.0 Å². The molecule has 1 atom stereocenters. The second-order valence-electron chi connectivity index (χ2n) is 2.69. The molecule has 3 nitrogen and oxygen atoms in total. The lowest BCUT2D eigenvalue weighted by Gasteiger charge is -2.07. The van der Waals surface area contributed by atoms with E-state index in [1.54, 1.807) is 11.3 Å². The molecule has 0 saturated carbocycles. The van der Waals surface area contributed by atoms with Crippen LogP contribution >= 0.6 is 11.3 Å². The van der Waals surface area contributed by atoms with Gasteiger partial charge in [-0.3, -0.25) is 4.79 Å². The van der Waals surface area contributed by atoms with Gasteiger partial charge in [-0.1, -0.05) is 0 Å². The maximum absolute atomic E-state index is 10.2. The molecular weight excluding hydrogens is 172 g/mol. The van der Waals surface area contributed by atoms with Crippen molar-refractivity contribution in [3.8, 4) is 0 Å². The van der Waals surface area contributed by atoms with Crippen molar-refractivity contribution in [3.63, 3.8) is 0 Å². The number of hydrogen-bond donors (Lipinski definition) is 1. The Bertz CT molecular complexity index is 283. The average Bonchev–Trinajstić information content (AvgIpc) is 2.30. The van der Waals surface area contributed by atoms with E-state index >= 15 is 0 Å². The fraction of sp³-hybridized carbons (Fsp3) is 0.500. The van der Waals surface area contributed by atoms with Crippen LogP contribution in [0.3, 0.4) is 0 Å². The van der Waals surface area contributed by atoms with Gasteiger partial charge in [-0.05, 0) is 20.8 Å². The first-order valence-corrected chi connectivity index (χ1v) is 4.60. The van der Waals surface area contributed by atoms with Crippen molar-refractivity contribution in [1.29, 1.82) is 0 Å². The SMILES string of the molecule is Cc1nc(C)c(C(C)NC=O)s1. The first-order chi connectivity index (χ1) is 5.65. The Morgan fingerprint density at radius 2 is 2.25 bits per heavy atom. The van der Waals surface area contributed by atoms with E-state index in [0.29, 0.717) is 0 Å². The van der Waals surface area contributed by atoms with Crippen LogP contribution in [0, 0.1) is 13.8 Å². The van der Waals surface area contributed by atoms with Crippen molar-refractivity contribution in [3.05, 3.63) is 15.6 Å². The van der Waals surface area contributed by atoms with E-state index in [0.717, 1.165) is 22.0 Å². The normalized spacial score (nSPS) is 12.6. The fourth-order valence-corrected chi connectivity index (χ4v) is 2.07. The third kappa shape index (κ3) is 1.82. The number of amides is 1. The highest BCUT2D eigenvalue weighted by atomic mass is 32.1. The predicted molar refractivity (Wildman–Crippen MR) is 49.2 cm³/mol. The average molecular weight is 184 g/mol. The number of rotatable bonds is 3. The van der Waals surface area contributed by atoms with Gasteiger partial charge in [0.2, 0.25) is 6.41 Å². The summed E-state index contributed by atoms with van der Waals surface area (Å²) in [5, 5.41) is 3.75. The van der Waals surface area contributed by atoms with Gasteiger partial charge in [0.25, 0.3) is 0 Å². The first kappa shape index (κ1) is 9.19. The Balaban J connectivity index is 2.85. The van der Waals surface area contributed by atoms with E-state index in [4.69, 9.17) is 0 Å².